The first-order valence-electron chi connectivity index (χ1n) is 5.72. The molecule has 0 aliphatic heterocycles. The van der Waals surface area contributed by atoms with Gasteiger partial charge >= 0.3 is 0 Å². The van der Waals surface area contributed by atoms with Crippen molar-refractivity contribution in [1.82, 2.24) is 9.97 Å². The average molecular weight is 264 g/mol. The molecule has 5 heteroatoms. The highest BCUT2D eigenvalue weighted by molar-refractivity contribution is 6.31. The second kappa shape index (κ2) is 6.21. The lowest BCUT2D eigenvalue weighted by atomic mass is 10.2. The Hall–Kier alpha value is -1.81. The van der Waals surface area contributed by atoms with Gasteiger partial charge in [-0.05, 0) is 18.6 Å². The van der Waals surface area contributed by atoms with Gasteiger partial charge in [0.15, 0.2) is 0 Å². The van der Waals surface area contributed by atoms with Gasteiger partial charge < -0.3 is 10.1 Å². The Morgan fingerprint density at radius 2 is 2.11 bits per heavy atom. The molecule has 0 saturated carbocycles. The van der Waals surface area contributed by atoms with Crippen LogP contribution in [-0.2, 0) is 6.54 Å². The van der Waals surface area contributed by atoms with Gasteiger partial charge in [0.05, 0.1) is 6.61 Å². The minimum Gasteiger partial charge on any atom is -0.478 e. The van der Waals surface area contributed by atoms with E-state index in [9.17, 15) is 0 Å². The smallest absolute Gasteiger partial charge is 0.226 e. The summed E-state index contributed by atoms with van der Waals surface area (Å²) in [4.78, 5) is 8.34. The summed E-state index contributed by atoms with van der Waals surface area (Å²) < 4.78 is 5.31. The zero-order chi connectivity index (χ0) is 12.8. The molecule has 1 heterocycles. The van der Waals surface area contributed by atoms with Gasteiger partial charge in [0.25, 0.3) is 0 Å². The van der Waals surface area contributed by atoms with Crippen molar-refractivity contribution in [3.05, 3.63) is 47.1 Å². The Kier molecular flexibility index (Phi) is 4.36. The summed E-state index contributed by atoms with van der Waals surface area (Å²) in [6.45, 7) is 3.08. The molecule has 0 fully saturated rings. The van der Waals surface area contributed by atoms with Crippen LogP contribution in [-0.4, -0.2) is 16.6 Å². The number of hydrogen-bond acceptors (Lipinski definition) is 4. The van der Waals surface area contributed by atoms with E-state index in [2.05, 4.69) is 15.3 Å². The fraction of sp³-hybridized carbons (Fsp3) is 0.231. The molecule has 1 aromatic carbocycles. The van der Waals surface area contributed by atoms with Crippen LogP contribution in [0.4, 0.5) is 5.95 Å². The molecule has 0 unspecified atom stereocenters. The van der Waals surface area contributed by atoms with Crippen LogP contribution in [0.5, 0.6) is 5.88 Å². The van der Waals surface area contributed by atoms with Gasteiger partial charge in [-0.2, -0.15) is 4.98 Å². The number of ether oxygens (including phenoxy) is 1. The van der Waals surface area contributed by atoms with Gasteiger partial charge in [0.1, 0.15) is 0 Å². The van der Waals surface area contributed by atoms with E-state index >= 15 is 0 Å². The normalized spacial score (nSPS) is 10.1. The molecular formula is C13H14ClN3O. The second-order valence-corrected chi connectivity index (χ2v) is 4.00. The maximum Gasteiger partial charge on any atom is 0.226 e. The van der Waals surface area contributed by atoms with Crippen molar-refractivity contribution in [2.45, 2.75) is 13.5 Å². The van der Waals surface area contributed by atoms with Crippen LogP contribution < -0.4 is 10.1 Å². The molecule has 0 bridgehead atoms. The second-order valence-electron chi connectivity index (χ2n) is 3.60. The molecule has 0 saturated heterocycles. The number of benzene rings is 1. The molecular weight excluding hydrogens is 250 g/mol. The Morgan fingerprint density at radius 3 is 2.89 bits per heavy atom. The highest BCUT2D eigenvalue weighted by Gasteiger charge is 2.02. The van der Waals surface area contributed by atoms with Crippen molar-refractivity contribution in [2.24, 2.45) is 0 Å². The summed E-state index contributed by atoms with van der Waals surface area (Å²) in [7, 11) is 0. The summed E-state index contributed by atoms with van der Waals surface area (Å²) in [5.74, 6) is 1.09. The van der Waals surface area contributed by atoms with Gasteiger partial charge in [-0.25, -0.2) is 4.98 Å². The molecule has 0 atom stereocenters. The van der Waals surface area contributed by atoms with Crippen molar-refractivity contribution < 1.29 is 4.74 Å². The third-order valence-corrected chi connectivity index (χ3v) is 2.69. The molecule has 4 nitrogen and oxygen atoms in total. The average Bonchev–Trinajstić information content (AvgIpc) is 2.39. The zero-order valence-electron chi connectivity index (χ0n) is 10.1. The van der Waals surface area contributed by atoms with E-state index in [0.29, 0.717) is 25.0 Å². The lowest BCUT2D eigenvalue weighted by molar-refractivity contribution is 0.326. The van der Waals surface area contributed by atoms with Crippen LogP contribution in [0.15, 0.2) is 36.5 Å². The number of nitrogens with one attached hydrogen (secondary N) is 1. The Morgan fingerprint density at radius 1 is 1.28 bits per heavy atom. The molecule has 2 rings (SSSR count). The van der Waals surface area contributed by atoms with E-state index in [-0.39, 0.29) is 0 Å². The van der Waals surface area contributed by atoms with E-state index < -0.39 is 0 Å². The highest BCUT2D eigenvalue weighted by Crippen LogP contribution is 2.16. The van der Waals surface area contributed by atoms with Gasteiger partial charge in [-0.1, -0.05) is 29.8 Å². The molecule has 0 aliphatic carbocycles. The maximum absolute atomic E-state index is 6.07. The van der Waals surface area contributed by atoms with Gasteiger partial charge in [-0.15, -0.1) is 0 Å². The van der Waals surface area contributed by atoms with Gasteiger partial charge in [0.2, 0.25) is 11.8 Å². The maximum atomic E-state index is 6.07. The molecule has 0 spiro atoms. The van der Waals surface area contributed by atoms with Gasteiger partial charge in [-0.3, -0.25) is 0 Å². The lowest BCUT2D eigenvalue weighted by Gasteiger charge is -2.07. The SMILES string of the molecule is CCOc1ccnc(NCc2ccccc2Cl)n1. The molecule has 2 aromatic rings. The Balaban J connectivity index is 2.02. The molecule has 0 aliphatic rings. The predicted octanol–water partition coefficient (Wildman–Crippen LogP) is 3.14. The first-order valence-corrected chi connectivity index (χ1v) is 6.10. The summed E-state index contributed by atoms with van der Waals surface area (Å²) in [6.07, 6.45) is 1.66. The van der Waals surface area contributed by atoms with Crippen molar-refractivity contribution in [2.75, 3.05) is 11.9 Å². The minimum absolute atomic E-state index is 0.529. The monoisotopic (exact) mass is 263 g/mol. The topological polar surface area (TPSA) is 47.0 Å². The minimum atomic E-state index is 0.529. The standard InChI is InChI=1S/C13H14ClN3O/c1-2-18-12-7-8-15-13(17-12)16-9-10-5-3-4-6-11(10)14/h3-8H,2,9H2,1H3,(H,15,16,17). The quantitative estimate of drug-likeness (QED) is 0.900. The summed E-state index contributed by atoms with van der Waals surface area (Å²) in [5, 5.41) is 3.84. The van der Waals surface area contributed by atoms with Crippen LogP contribution >= 0.6 is 11.6 Å². The van der Waals surface area contributed by atoms with E-state index in [4.69, 9.17) is 16.3 Å². The summed E-state index contributed by atoms with van der Waals surface area (Å²) in [6, 6.07) is 9.39. The number of halogens is 1. The Labute approximate surface area is 111 Å². The molecule has 0 amide bonds. The molecule has 1 aromatic heterocycles. The summed E-state index contributed by atoms with van der Waals surface area (Å²) in [5.41, 5.74) is 1.00. The van der Waals surface area contributed by atoms with Crippen molar-refractivity contribution in [1.29, 1.82) is 0 Å². The van der Waals surface area contributed by atoms with Crippen LogP contribution in [0.3, 0.4) is 0 Å². The predicted molar refractivity (Wildman–Crippen MR) is 72.0 cm³/mol. The third kappa shape index (κ3) is 3.34. The van der Waals surface area contributed by atoms with Crippen LogP contribution in [0, 0.1) is 0 Å². The molecule has 0 radical (unpaired) electrons. The fourth-order valence-corrected chi connectivity index (χ4v) is 1.67. The fourth-order valence-electron chi connectivity index (χ4n) is 1.47. The molecule has 18 heavy (non-hydrogen) atoms. The Bertz CT molecular complexity index is 519. The van der Waals surface area contributed by atoms with E-state index in [1.54, 1.807) is 12.3 Å². The van der Waals surface area contributed by atoms with E-state index in [0.717, 1.165) is 10.6 Å². The lowest BCUT2D eigenvalue weighted by Crippen LogP contribution is -2.05. The number of hydrogen-bond donors (Lipinski definition) is 1. The number of rotatable bonds is 5. The molecule has 1 N–H and O–H groups in total. The van der Waals surface area contributed by atoms with Crippen LogP contribution in [0.1, 0.15) is 12.5 Å². The van der Waals surface area contributed by atoms with Crippen LogP contribution in [0.25, 0.3) is 0 Å². The largest absolute Gasteiger partial charge is 0.478 e. The number of anilines is 1. The zero-order valence-corrected chi connectivity index (χ0v) is 10.8. The van der Waals surface area contributed by atoms with Crippen molar-refractivity contribution >= 4 is 17.5 Å². The van der Waals surface area contributed by atoms with Crippen LogP contribution in [0.2, 0.25) is 5.02 Å². The first-order chi connectivity index (χ1) is 8.79. The number of nitrogens with zero attached hydrogens (tertiary/aromatic N) is 2. The van der Waals surface area contributed by atoms with Crippen molar-refractivity contribution in [3.63, 3.8) is 0 Å². The van der Waals surface area contributed by atoms with E-state index in [1.807, 2.05) is 31.2 Å². The molecule has 94 valence electrons. The first kappa shape index (κ1) is 12.6. The number of aromatic nitrogens is 2. The summed E-state index contributed by atoms with van der Waals surface area (Å²) >= 11 is 6.07. The van der Waals surface area contributed by atoms with Gasteiger partial charge in [0, 0.05) is 23.8 Å². The van der Waals surface area contributed by atoms with E-state index in [1.165, 1.54) is 0 Å². The third-order valence-electron chi connectivity index (χ3n) is 2.32. The highest BCUT2D eigenvalue weighted by atomic mass is 35.5. The van der Waals surface area contributed by atoms with Crippen molar-refractivity contribution in [3.8, 4) is 5.88 Å².